The molecule has 1 nitrogen and oxygen atoms in total. The van der Waals surface area contributed by atoms with E-state index >= 15 is 0 Å². The predicted octanol–water partition coefficient (Wildman–Crippen LogP) is 7.55. The quantitative estimate of drug-likeness (QED) is 0.455. The van der Waals surface area contributed by atoms with Crippen LogP contribution in [0.5, 0.6) is 0 Å². The maximum atomic E-state index is 14.5. The number of hydrogen-bond acceptors (Lipinski definition) is 1. The summed E-state index contributed by atoms with van der Waals surface area (Å²) in [5, 5.41) is 0. The van der Waals surface area contributed by atoms with Crippen LogP contribution >= 0.6 is 0 Å². The number of hydrogen-bond donors (Lipinski definition) is 0. The van der Waals surface area contributed by atoms with Crippen LogP contribution in [0.4, 0.5) is 8.78 Å². The van der Waals surface area contributed by atoms with E-state index in [1.54, 1.807) is 0 Å². The van der Waals surface area contributed by atoms with Crippen LogP contribution in [0.3, 0.4) is 0 Å². The van der Waals surface area contributed by atoms with Crippen molar-refractivity contribution >= 4 is 0 Å². The van der Waals surface area contributed by atoms with Gasteiger partial charge in [-0.3, -0.25) is 0 Å². The van der Waals surface area contributed by atoms with Crippen molar-refractivity contribution in [2.75, 3.05) is 7.11 Å². The van der Waals surface area contributed by atoms with Crippen molar-refractivity contribution in [2.24, 2.45) is 29.6 Å². The van der Waals surface area contributed by atoms with Gasteiger partial charge >= 0.3 is 0 Å². The van der Waals surface area contributed by atoms with E-state index < -0.39 is 18.4 Å². The SMILES string of the molecule is C=C.CC.COC1CCC(C2CCC(C3CCC(C)CC3)CC2)C(F)C1F. The Bertz CT molecular complexity index is 373. The third-order valence-electron chi connectivity index (χ3n) is 7.30. The van der Waals surface area contributed by atoms with Gasteiger partial charge in [-0.15, -0.1) is 13.2 Å². The molecule has 0 aromatic heterocycles. The zero-order chi connectivity index (χ0) is 20.4. The minimum absolute atomic E-state index is 0.0660. The van der Waals surface area contributed by atoms with E-state index in [-0.39, 0.29) is 5.92 Å². The molecule has 27 heavy (non-hydrogen) atoms. The smallest absolute Gasteiger partial charge is 0.157 e. The maximum absolute atomic E-state index is 14.5. The highest BCUT2D eigenvalue weighted by Crippen LogP contribution is 2.46. The van der Waals surface area contributed by atoms with Gasteiger partial charge in [0.1, 0.15) is 6.17 Å². The molecule has 0 amide bonds. The van der Waals surface area contributed by atoms with Crippen molar-refractivity contribution in [1.29, 1.82) is 0 Å². The van der Waals surface area contributed by atoms with Gasteiger partial charge in [0.25, 0.3) is 0 Å². The number of halogens is 2. The summed E-state index contributed by atoms with van der Waals surface area (Å²) in [7, 11) is 1.50. The third kappa shape index (κ3) is 6.54. The van der Waals surface area contributed by atoms with Crippen LogP contribution in [0, 0.1) is 29.6 Å². The molecule has 0 aromatic carbocycles. The monoisotopic (exact) mass is 386 g/mol. The Morgan fingerprint density at radius 3 is 1.59 bits per heavy atom. The van der Waals surface area contributed by atoms with Gasteiger partial charge in [-0.25, -0.2) is 8.78 Å². The molecule has 0 N–H and O–H groups in total. The first-order chi connectivity index (χ1) is 13.1. The Morgan fingerprint density at radius 1 is 0.667 bits per heavy atom. The standard InChI is InChI=1S/C20H34F2O.C2H6.C2H4/c1-13-3-5-14(6-4-13)15-7-9-16(10-8-15)17-11-12-18(23-2)20(22)19(17)21;2*1-2/h13-20H,3-12H2,1-2H3;1-2H3;1-2H2. The third-order valence-corrected chi connectivity index (χ3v) is 7.30. The zero-order valence-corrected chi connectivity index (χ0v) is 18.3. The molecule has 160 valence electrons. The predicted molar refractivity (Wildman–Crippen MR) is 112 cm³/mol. The summed E-state index contributed by atoms with van der Waals surface area (Å²) in [6.07, 6.45) is 8.53. The first-order valence-corrected chi connectivity index (χ1v) is 11.4. The summed E-state index contributed by atoms with van der Waals surface area (Å²) in [5.74, 6) is 3.01. The van der Waals surface area contributed by atoms with Crippen molar-refractivity contribution < 1.29 is 13.5 Å². The van der Waals surface area contributed by atoms with Gasteiger partial charge in [0.05, 0.1) is 6.10 Å². The van der Waals surface area contributed by atoms with Crippen LogP contribution in [0.1, 0.15) is 85.0 Å². The van der Waals surface area contributed by atoms with Crippen LogP contribution in [-0.4, -0.2) is 25.6 Å². The van der Waals surface area contributed by atoms with E-state index in [4.69, 9.17) is 4.74 Å². The van der Waals surface area contributed by atoms with Gasteiger partial charge in [0.15, 0.2) is 6.17 Å². The Kier molecular flexibility index (Phi) is 11.8. The van der Waals surface area contributed by atoms with Crippen molar-refractivity contribution in [1.82, 2.24) is 0 Å². The molecule has 0 aliphatic heterocycles. The fourth-order valence-electron chi connectivity index (χ4n) is 5.66. The molecule has 0 bridgehead atoms. The van der Waals surface area contributed by atoms with Crippen LogP contribution in [0.25, 0.3) is 0 Å². The molecule has 4 unspecified atom stereocenters. The molecule has 0 heterocycles. The average Bonchev–Trinajstić information content (AvgIpc) is 2.74. The van der Waals surface area contributed by atoms with Crippen molar-refractivity contribution in [3.63, 3.8) is 0 Å². The maximum Gasteiger partial charge on any atom is 0.157 e. The minimum Gasteiger partial charge on any atom is -0.378 e. The largest absolute Gasteiger partial charge is 0.378 e. The normalized spacial score (nSPS) is 42.1. The van der Waals surface area contributed by atoms with Crippen molar-refractivity contribution in [2.45, 2.75) is 103 Å². The van der Waals surface area contributed by atoms with Crippen LogP contribution in [-0.2, 0) is 4.74 Å². The van der Waals surface area contributed by atoms with Gasteiger partial charge < -0.3 is 4.74 Å². The summed E-state index contributed by atoms with van der Waals surface area (Å²) >= 11 is 0. The second-order valence-corrected chi connectivity index (χ2v) is 8.60. The lowest BCUT2D eigenvalue weighted by Crippen LogP contribution is -2.45. The topological polar surface area (TPSA) is 9.23 Å². The average molecular weight is 387 g/mol. The lowest BCUT2D eigenvalue weighted by Gasteiger charge is -2.43. The molecule has 4 atom stereocenters. The molecule has 3 fully saturated rings. The second-order valence-electron chi connectivity index (χ2n) is 8.60. The molecule has 0 spiro atoms. The Morgan fingerprint density at radius 2 is 1.11 bits per heavy atom. The van der Waals surface area contributed by atoms with Crippen molar-refractivity contribution in [3.8, 4) is 0 Å². The molecule has 3 rings (SSSR count). The molecule has 3 aliphatic rings. The Labute approximate surface area is 167 Å². The van der Waals surface area contributed by atoms with Gasteiger partial charge in [-0.05, 0) is 81.0 Å². The molecule has 3 aliphatic carbocycles. The van der Waals surface area contributed by atoms with Crippen LogP contribution in [0.2, 0.25) is 0 Å². The number of methoxy groups -OCH3 is 1. The lowest BCUT2D eigenvalue weighted by molar-refractivity contribution is -0.0729. The number of ether oxygens (including phenoxy) is 1. The van der Waals surface area contributed by atoms with E-state index in [0.29, 0.717) is 12.3 Å². The van der Waals surface area contributed by atoms with E-state index in [9.17, 15) is 8.78 Å². The number of rotatable bonds is 3. The summed E-state index contributed by atoms with van der Waals surface area (Å²) in [4.78, 5) is 0. The first-order valence-electron chi connectivity index (χ1n) is 11.4. The minimum atomic E-state index is -1.42. The Hall–Kier alpha value is -0.440. The summed E-state index contributed by atoms with van der Waals surface area (Å²) in [5.41, 5.74) is 0. The fraction of sp³-hybridized carbons (Fsp3) is 0.917. The van der Waals surface area contributed by atoms with E-state index in [2.05, 4.69) is 20.1 Å². The molecule has 3 saturated carbocycles. The second kappa shape index (κ2) is 12.9. The number of alkyl halides is 2. The highest BCUT2D eigenvalue weighted by molar-refractivity contribution is 4.93. The molecule has 0 saturated heterocycles. The van der Waals surface area contributed by atoms with Crippen molar-refractivity contribution in [3.05, 3.63) is 13.2 Å². The van der Waals surface area contributed by atoms with Gasteiger partial charge in [-0.1, -0.05) is 33.6 Å². The fourth-order valence-corrected chi connectivity index (χ4v) is 5.66. The molecule has 3 heteroatoms. The molecule has 0 radical (unpaired) electrons. The van der Waals surface area contributed by atoms with E-state index in [1.807, 2.05) is 13.8 Å². The zero-order valence-electron chi connectivity index (χ0n) is 18.3. The highest BCUT2D eigenvalue weighted by atomic mass is 19.2. The molecular formula is C24H44F2O. The summed E-state index contributed by atoms with van der Waals surface area (Å²) in [6, 6.07) is 0. The van der Waals surface area contributed by atoms with Crippen LogP contribution < -0.4 is 0 Å². The van der Waals surface area contributed by atoms with E-state index in [1.165, 1.54) is 45.6 Å². The van der Waals surface area contributed by atoms with E-state index in [0.717, 1.165) is 37.0 Å². The van der Waals surface area contributed by atoms with Crippen LogP contribution in [0.15, 0.2) is 13.2 Å². The summed E-state index contributed by atoms with van der Waals surface area (Å²) < 4.78 is 33.8. The molecular weight excluding hydrogens is 342 g/mol. The van der Waals surface area contributed by atoms with Gasteiger partial charge in [0.2, 0.25) is 0 Å². The Balaban J connectivity index is 0.000000855. The molecule has 0 aromatic rings. The highest BCUT2D eigenvalue weighted by Gasteiger charge is 2.44. The first kappa shape index (κ1) is 24.6. The van der Waals surface area contributed by atoms with Gasteiger partial charge in [0, 0.05) is 7.11 Å². The summed E-state index contributed by atoms with van der Waals surface area (Å²) in [6.45, 7) is 12.4. The van der Waals surface area contributed by atoms with Gasteiger partial charge in [-0.2, -0.15) is 0 Å². The lowest BCUT2D eigenvalue weighted by atomic mass is 9.65.